The van der Waals surface area contributed by atoms with Crippen molar-refractivity contribution in [1.29, 1.82) is 0 Å². The lowest BCUT2D eigenvalue weighted by atomic mass is 10.0. The molecule has 0 saturated carbocycles. The summed E-state index contributed by atoms with van der Waals surface area (Å²) >= 11 is 5.67. The molecule has 0 aromatic heterocycles. The van der Waals surface area contributed by atoms with Gasteiger partial charge in [-0.25, -0.2) is 0 Å². The summed E-state index contributed by atoms with van der Waals surface area (Å²) in [6, 6.07) is 5.90. The number of piperidine rings is 1. The van der Waals surface area contributed by atoms with Crippen LogP contribution >= 0.6 is 12.2 Å². The predicted octanol–water partition coefficient (Wildman–Crippen LogP) is 0.735. The smallest absolute Gasteiger partial charge is 0.249 e. The summed E-state index contributed by atoms with van der Waals surface area (Å²) in [4.78, 5) is 31.1. The fraction of sp³-hybridized carbons (Fsp3) is 0.500. The van der Waals surface area contributed by atoms with E-state index < -0.39 is 0 Å². The SMILES string of the molecule is CN1CCN(c2cccc3c2CN(C2CCC(=O)NC2=O)C3=S)CC1. The normalized spacial score (nSPS) is 24.5. The maximum Gasteiger partial charge on any atom is 0.249 e. The van der Waals surface area contributed by atoms with Gasteiger partial charge in [-0.15, -0.1) is 0 Å². The Hall–Kier alpha value is -1.99. The van der Waals surface area contributed by atoms with Crippen molar-refractivity contribution in [3.05, 3.63) is 29.3 Å². The van der Waals surface area contributed by atoms with Crippen molar-refractivity contribution in [1.82, 2.24) is 15.1 Å². The zero-order valence-corrected chi connectivity index (χ0v) is 15.1. The van der Waals surface area contributed by atoms with Gasteiger partial charge < -0.3 is 14.7 Å². The molecule has 2 fully saturated rings. The molecule has 2 saturated heterocycles. The van der Waals surface area contributed by atoms with Crippen LogP contribution in [0.2, 0.25) is 0 Å². The molecule has 1 atom stereocenters. The number of rotatable bonds is 2. The molecular formula is C18H22N4O2S. The van der Waals surface area contributed by atoms with Crippen LogP contribution in [-0.2, 0) is 16.1 Å². The van der Waals surface area contributed by atoms with Gasteiger partial charge in [0.15, 0.2) is 0 Å². The van der Waals surface area contributed by atoms with Crippen molar-refractivity contribution in [2.24, 2.45) is 0 Å². The molecule has 0 radical (unpaired) electrons. The number of hydrogen-bond donors (Lipinski definition) is 1. The zero-order valence-electron chi connectivity index (χ0n) is 14.3. The topological polar surface area (TPSA) is 55.9 Å². The lowest BCUT2D eigenvalue weighted by Gasteiger charge is -2.35. The maximum absolute atomic E-state index is 12.3. The first-order valence-electron chi connectivity index (χ1n) is 8.74. The van der Waals surface area contributed by atoms with Crippen LogP contribution in [0.25, 0.3) is 0 Å². The Morgan fingerprint density at radius 2 is 1.92 bits per heavy atom. The second-order valence-electron chi connectivity index (χ2n) is 6.99. The molecule has 132 valence electrons. The van der Waals surface area contributed by atoms with Gasteiger partial charge in [-0.2, -0.15) is 0 Å². The van der Waals surface area contributed by atoms with Crippen LogP contribution in [0, 0.1) is 0 Å². The van der Waals surface area contributed by atoms with Gasteiger partial charge in [0.2, 0.25) is 11.8 Å². The minimum atomic E-state index is -0.349. The number of nitrogens with zero attached hydrogens (tertiary/aromatic N) is 3. The lowest BCUT2D eigenvalue weighted by molar-refractivity contribution is -0.136. The molecule has 0 spiro atoms. The van der Waals surface area contributed by atoms with E-state index >= 15 is 0 Å². The summed E-state index contributed by atoms with van der Waals surface area (Å²) in [7, 11) is 2.15. The van der Waals surface area contributed by atoms with Crippen LogP contribution in [-0.4, -0.2) is 65.9 Å². The summed E-state index contributed by atoms with van der Waals surface area (Å²) in [5, 5.41) is 2.44. The highest BCUT2D eigenvalue weighted by Gasteiger charge is 2.38. The lowest BCUT2D eigenvalue weighted by Crippen LogP contribution is -2.52. The van der Waals surface area contributed by atoms with E-state index in [9.17, 15) is 9.59 Å². The number of carbonyl (C=O) groups is 2. The third-order valence-corrected chi connectivity index (χ3v) is 5.86. The molecule has 0 aliphatic carbocycles. The number of hydrogen-bond acceptors (Lipinski definition) is 5. The van der Waals surface area contributed by atoms with Gasteiger partial charge in [0.25, 0.3) is 0 Å². The second kappa shape index (κ2) is 6.38. The van der Waals surface area contributed by atoms with Gasteiger partial charge >= 0.3 is 0 Å². The van der Waals surface area contributed by atoms with E-state index in [4.69, 9.17) is 12.2 Å². The molecule has 1 aromatic rings. The molecule has 4 rings (SSSR count). The first-order valence-corrected chi connectivity index (χ1v) is 9.15. The number of thiocarbonyl (C=S) groups is 1. The number of carbonyl (C=O) groups excluding carboxylic acids is 2. The summed E-state index contributed by atoms with van der Waals surface area (Å²) in [6.45, 7) is 4.73. The molecule has 3 aliphatic rings. The van der Waals surface area contributed by atoms with Crippen molar-refractivity contribution in [2.45, 2.75) is 25.4 Å². The van der Waals surface area contributed by atoms with Crippen LogP contribution in [0.4, 0.5) is 5.69 Å². The van der Waals surface area contributed by atoms with Crippen LogP contribution in [0.15, 0.2) is 18.2 Å². The van der Waals surface area contributed by atoms with E-state index in [2.05, 4.69) is 28.2 Å². The van der Waals surface area contributed by atoms with E-state index in [0.29, 0.717) is 19.4 Å². The van der Waals surface area contributed by atoms with E-state index in [1.165, 1.54) is 11.3 Å². The number of benzene rings is 1. The van der Waals surface area contributed by atoms with Gasteiger partial charge in [0, 0.05) is 56.0 Å². The Balaban J connectivity index is 1.60. The maximum atomic E-state index is 12.3. The van der Waals surface area contributed by atoms with Gasteiger partial charge in [-0.1, -0.05) is 24.4 Å². The summed E-state index contributed by atoms with van der Waals surface area (Å²) in [6.07, 6.45) is 0.903. The van der Waals surface area contributed by atoms with Crippen LogP contribution in [0.3, 0.4) is 0 Å². The van der Waals surface area contributed by atoms with Crippen LogP contribution in [0.1, 0.15) is 24.0 Å². The third-order valence-electron chi connectivity index (χ3n) is 5.40. The zero-order chi connectivity index (χ0) is 17.6. The largest absolute Gasteiger partial charge is 0.369 e. The molecule has 2 amide bonds. The monoisotopic (exact) mass is 358 g/mol. The molecule has 6 nitrogen and oxygen atoms in total. The van der Waals surface area contributed by atoms with Gasteiger partial charge in [-0.05, 0) is 19.5 Å². The first kappa shape index (κ1) is 16.5. The first-order chi connectivity index (χ1) is 12.0. The molecule has 1 N–H and O–H groups in total. The third kappa shape index (κ3) is 2.91. The number of amides is 2. The molecule has 3 heterocycles. The Kier molecular flexibility index (Phi) is 4.21. The molecular weight excluding hydrogens is 336 g/mol. The minimum absolute atomic E-state index is 0.193. The predicted molar refractivity (Wildman–Crippen MR) is 99.6 cm³/mol. The standard InChI is InChI=1S/C18H22N4O2S/c1-20-7-9-21(10-8-20)14-4-2-3-12-13(14)11-22(18(12)25)15-5-6-16(23)19-17(15)24/h2-4,15H,5-11H2,1H3,(H,19,23,24). The molecule has 7 heteroatoms. The highest BCUT2D eigenvalue weighted by Crippen LogP contribution is 2.35. The number of piperazine rings is 1. The minimum Gasteiger partial charge on any atom is -0.369 e. The van der Waals surface area contributed by atoms with E-state index in [1.54, 1.807) is 0 Å². The van der Waals surface area contributed by atoms with E-state index in [1.807, 2.05) is 17.0 Å². The Morgan fingerprint density at radius 3 is 2.64 bits per heavy atom. The summed E-state index contributed by atoms with van der Waals surface area (Å²) in [5.74, 6) is -0.422. The number of fused-ring (bicyclic) bond motifs is 1. The highest BCUT2D eigenvalue weighted by molar-refractivity contribution is 7.80. The average molecular weight is 358 g/mol. The average Bonchev–Trinajstić information content (AvgIpc) is 2.93. The molecule has 25 heavy (non-hydrogen) atoms. The molecule has 1 unspecified atom stereocenters. The molecule has 0 bridgehead atoms. The van der Waals surface area contributed by atoms with Crippen molar-refractivity contribution in [2.75, 3.05) is 38.1 Å². The Labute approximate surface area is 152 Å². The van der Waals surface area contributed by atoms with Crippen molar-refractivity contribution >= 4 is 34.7 Å². The highest BCUT2D eigenvalue weighted by atomic mass is 32.1. The number of imide groups is 1. The van der Waals surface area contributed by atoms with E-state index in [0.717, 1.165) is 36.7 Å². The fourth-order valence-corrected chi connectivity index (χ4v) is 4.30. The van der Waals surface area contributed by atoms with Gasteiger partial charge in [0.05, 0.1) is 0 Å². The van der Waals surface area contributed by atoms with Gasteiger partial charge in [-0.3, -0.25) is 14.9 Å². The van der Waals surface area contributed by atoms with Crippen molar-refractivity contribution in [3.63, 3.8) is 0 Å². The fourth-order valence-electron chi connectivity index (χ4n) is 3.91. The number of anilines is 1. The van der Waals surface area contributed by atoms with Crippen LogP contribution < -0.4 is 10.2 Å². The quantitative estimate of drug-likeness (QED) is 0.622. The van der Waals surface area contributed by atoms with Crippen molar-refractivity contribution < 1.29 is 9.59 Å². The number of likely N-dealkylation sites (N-methyl/N-ethyl adjacent to an activating group) is 1. The molecule has 3 aliphatic heterocycles. The summed E-state index contributed by atoms with van der Waals surface area (Å²) in [5.41, 5.74) is 3.49. The van der Waals surface area contributed by atoms with Crippen molar-refractivity contribution in [3.8, 4) is 0 Å². The second-order valence-corrected chi connectivity index (χ2v) is 7.38. The Morgan fingerprint density at radius 1 is 1.16 bits per heavy atom. The molecule has 1 aromatic carbocycles. The van der Waals surface area contributed by atoms with Crippen LogP contribution in [0.5, 0.6) is 0 Å². The number of nitrogens with one attached hydrogen (secondary N) is 1. The van der Waals surface area contributed by atoms with Gasteiger partial charge in [0.1, 0.15) is 11.0 Å². The Bertz CT molecular complexity index is 743. The van der Waals surface area contributed by atoms with E-state index in [-0.39, 0.29) is 17.9 Å². The summed E-state index contributed by atoms with van der Waals surface area (Å²) < 4.78 is 0.